The topological polar surface area (TPSA) is 61.9 Å². The lowest BCUT2D eigenvalue weighted by atomic mass is 10.2. The summed E-state index contributed by atoms with van der Waals surface area (Å²) in [6, 6.07) is 9.74. The molecule has 28 heavy (non-hydrogen) atoms. The second-order valence-corrected chi connectivity index (χ2v) is 9.13. The molecule has 1 fully saturated rings. The zero-order valence-electron chi connectivity index (χ0n) is 14.9. The van der Waals surface area contributed by atoms with Gasteiger partial charge in [0.25, 0.3) is 10.0 Å². The first-order valence-electron chi connectivity index (χ1n) is 8.67. The minimum Gasteiger partial charge on any atom is -0.487 e. The maximum atomic E-state index is 13.2. The number of nitrogens with one attached hydrogen (secondary N) is 1. The number of sulfonamides is 1. The molecule has 4 rings (SSSR count). The molecule has 10 heteroatoms. The molecule has 0 unspecified atom stereocenters. The molecule has 1 N–H and O–H groups in total. The summed E-state index contributed by atoms with van der Waals surface area (Å²) in [7, 11) is -3.78. The van der Waals surface area contributed by atoms with Crippen LogP contribution in [-0.2, 0) is 10.0 Å². The van der Waals surface area contributed by atoms with Gasteiger partial charge in [0.15, 0.2) is 5.75 Å². The number of piperazine rings is 1. The summed E-state index contributed by atoms with van der Waals surface area (Å²) in [5.41, 5.74) is 1.28. The van der Waals surface area contributed by atoms with E-state index in [0.29, 0.717) is 21.5 Å². The zero-order chi connectivity index (χ0) is 19.0. The van der Waals surface area contributed by atoms with Crippen molar-refractivity contribution >= 4 is 57.0 Å². The molecule has 2 aromatic rings. The van der Waals surface area contributed by atoms with E-state index in [9.17, 15) is 8.42 Å². The molecule has 2 aliphatic heterocycles. The van der Waals surface area contributed by atoms with Gasteiger partial charge in [0.05, 0.1) is 22.8 Å². The molecule has 2 aromatic carbocycles. The van der Waals surface area contributed by atoms with E-state index in [1.54, 1.807) is 18.2 Å². The fourth-order valence-electron chi connectivity index (χ4n) is 3.39. The van der Waals surface area contributed by atoms with Gasteiger partial charge in [-0.1, -0.05) is 29.3 Å². The Morgan fingerprint density at radius 3 is 2.39 bits per heavy atom. The van der Waals surface area contributed by atoms with Crippen LogP contribution < -0.4 is 19.3 Å². The minimum absolute atomic E-state index is 0. The fourth-order valence-corrected chi connectivity index (χ4v) is 5.35. The summed E-state index contributed by atoms with van der Waals surface area (Å²) in [5, 5.41) is 4.15. The maximum absolute atomic E-state index is 13.2. The number of fused-ring (bicyclic) bond motifs is 1. The standard InChI is InChI=1S/C18H19Cl2N3O3S.ClH/c19-13-2-1-3-15(10-13)27(24,25)23-8-9-26-18-16(11-14(20)12-17(18)23)22-6-4-21-5-7-22;/h1-3,10-12,21H,4-9H2;1H. The smallest absolute Gasteiger partial charge is 0.264 e. The molecular formula is C18H20Cl3N3O3S. The number of hydrogen-bond donors (Lipinski definition) is 1. The van der Waals surface area contributed by atoms with Crippen LogP contribution in [0.3, 0.4) is 0 Å². The fraction of sp³-hybridized carbons (Fsp3) is 0.333. The van der Waals surface area contributed by atoms with Gasteiger partial charge in [-0.3, -0.25) is 4.31 Å². The maximum Gasteiger partial charge on any atom is 0.264 e. The Kier molecular flexibility index (Phi) is 6.51. The third-order valence-electron chi connectivity index (χ3n) is 4.67. The molecule has 0 saturated carbocycles. The van der Waals surface area contributed by atoms with Crippen molar-refractivity contribution in [3.05, 3.63) is 46.4 Å². The van der Waals surface area contributed by atoms with E-state index in [1.807, 2.05) is 6.07 Å². The minimum atomic E-state index is -3.78. The molecule has 0 bridgehead atoms. The lowest BCUT2D eigenvalue weighted by molar-refractivity contribution is 0.315. The number of nitrogens with zero attached hydrogens (tertiary/aromatic N) is 2. The van der Waals surface area contributed by atoms with Crippen molar-refractivity contribution in [2.75, 3.05) is 48.5 Å². The predicted molar refractivity (Wildman–Crippen MR) is 115 cm³/mol. The van der Waals surface area contributed by atoms with Gasteiger partial charge in [-0.15, -0.1) is 12.4 Å². The molecule has 2 heterocycles. The Balaban J connectivity index is 0.00000225. The van der Waals surface area contributed by atoms with E-state index in [1.165, 1.54) is 16.4 Å². The first-order valence-corrected chi connectivity index (χ1v) is 10.9. The largest absolute Gasteiger partial charge is 0.487 e. The van der Waals surface area contributed by atoms with Gasteiger partial charge in [0.1, 0.15) is 6.61 Å². The van der Waals surface area contributed by atoms with Crippen molar-refractivity contribution in [2.45, 2.75) is 4.90 Å². The SMILES string of the molecule is Cl.O=S(=O)(c1cccc(Cl)c1)N1CCOc2c(N3CCNCC3)cc(Cl)cc21. The Bertz CT molecular complexity index is 966. The zero-order valence-corrected chi connectivity index (χ0v) is 18.0. The average Bonchev–Trinajstić information content (AvgIpc) is 2.67. The van der Waals surface area contributed by atoms with E-state index in [-0.39, 0.29) is 30.5 Å². The lowest BCUT2D eigenvalue weighted by Gasteiger charge is -2.36. The second-order valence-electron chi connectivity index (χ2n) is 6.39. The van der Waals surface area contributed by atoms with Crippen LogP contribution in [0, 0.1) is 0 Å². The van der Waals surface area contributed by atoms with E-state index in [4.69, 9.17) is 27.9 Å². The van der Waals surface area contributed by atoms with Gasteiger partial charge in [-0.2, -0.15) is 0 Å². The molecular weight excluding hydrogens is 445 g/mol. The third-order valence-corrected chi connectivity index (χ3v) is 6.93. The molecule has 0 aliphatic carbocycles. The summed E-state index contributed by atoms with van der Waals surface area (Å²) in [6.45, 7) is 3.79. The van der Waals surface area contributed by atoms with Crippen LogP contribution in [0.4, 0.5) is 11.4 Å². The quantitative estimate of drug-likeness (QED) is 0.754. The molecule has 2 aliphatic rings. The van der Waals surface area contributed by atoms with E-state index in [2.05, 4.69) is 10.2 Å². The van der Waals surface area contributed by atoms with Crippen LogP contribution in [0.15, 0.2) is 41.3 Å². The van der Waals surface area contributed by atoms with Crippen molar-refractivity contribution in [2.24, 2.45) is 0 Å². The van der Waals surface area contributed by atoms with E-state index in [0.717, 1.165) is 31.9 Å². The Morgan fingerprint density at radius 2 is 1.68 bits per heavy atom. The predicted octanol–water partition coefficient (Wildman–Crippen LogP) is 3.41. The van der Waals surface area contributed by atoms with Crippen molar-refractivity contribution in [1.82, 2.24) is 5.32 Å². The highest BCUT2D eigenvalue weighted by molar-refractivity contribution is 7.92. The Morgan fingerprint density at radius 1 is 0.964 bits per heavy atom. The van der Waals surface area contributed by atoms with Gasteiger partial charge in [-0.25, -0.2) is 8.42 Å². The number of benzene rings is 2. The van der Waals surface area contributed by atoms with Crippen molar-refractivity contribution < 1.29 is 13.2 Å². The molecule has 0 atom stereocenters. The summed E-state index contributed by atoms with van der Waals surface area (Å²) >= 11 is 12.3. The monoisotopic (exact) mass is 463 g/mol. The van der Waals surface area contributed by atoms with Gasteiger partial charge < -0.3 is 15.0 Å². The van der Waals surface area contributed by atoms with Crippen LogP contribution in [-0.4, -0.2) is 47.7 Å². The van der Waals surface area contributed by atoms with Crippen LogP contribution in [0.1, 0.15) is 0 Å². The second kappa shape index (κ2) is 8.55. The van der Waals surface area contributed by atoms with Crippen LogP contribution in [0.25, 0.3) is 0 Å². The number of hydrogen-bond acceptors (Lipinski definition) is 5. The number of anilines is 2. The van der Waals surface area contributed by atoms with Crippen molar-refractivity contribution in [1.29, 1.82) is 0 Å². The van der Waals surface area contributed by atoms with Crippen molar-refractivity contribution in [3.63, 3.8) is 0 Å². The molecule has 0 radical (unpaired) electrons. The van der Waals surface area contributed by atoms with Crippen LogP contribution in [0.5, 0.6) is 5.75 Å². The van der Waals surface area contributed by atoms with E-state index < -0.39 is 10.0 Å². The first kappa shape index (κ1) is 21.3. The highest BCUT2D eigenvalue weighted by Crippen LogP contribution is 2.44. The molecule has 6 nitrogen and oxygen atoms in total. The summed E-state index contributed by atoms with van der Waals surface area (Å²) < 4.78 is 33.7. The first-order chi connectivity index (χ1) is 13.0. The Hall–Kier alpha value is -1.38. The number of rotatable bonds is 3. The molecule has 1 saturated heterocycles. The van der Waals surface area contributed by atoms with Crippen LogP contribution >= 0.6 is 35.6 Å². The Labute approximate surface area is 180 Å². The highest BCUT2D eigenvalue weighted by Gasteiger charge is 2.33. The summed E-state index contributed by atoms with van der Waals surface area (Å²) in [6.07, 6.45) is 0. The molecule has 0 amide bonds. The summed E-state index contributed by atoms with van der Waals surface area (Å²) in [4.78, 5) is 2.31. The van der Waals surface area contributed by atoms with Gasteiger partial charge in [-0.05, 0) is 30.3 Å². The average molecular weight is 465 g/mol. The highest BCUT2D eigenvalue weighted by atomic mass is 35.5. The normalized spacial score (nSPS) is 16.8. The number of halogens is 3. The molecule has 0 aromatic heterocycles. The van der Waals surface area contributed by atoms with Gasteiger partial charge in [0, 0.05) is 36.2 Å². The molecule has 152 valence electrons. The van der Waals surface area contributed by atoms with E-state index >= 15 is 0 Å². The molecule has 0 spiro atoms. The number of ether oxygens (including phenoxy) is 1. The summed E-state index contributed by atoms with van der Waals surface area (Å²) in [5.74, 6) is 0.554. The third kappa shape index (κ3) is 4.00. The van der Waals surface area contributed by atoms with Gasteiger partial charge in [0.2, 0.25) is 0 Å². The van der Waals surface area contributed by atoms with Crippen molar-refractivity contribution in [3.8, 4) is 5.75 Å². The van der Waals surface area contributed by atoms with Crippen LogP contribution in [0.2, 0.25) is 10.0 Å². The lowest BCUT2D eigenvalue weighted by Crippen LogP contribution is -2.44. The van der Waals surface area contributed by atoms with Gasteiger partial charge >= 0.3 is 0 Å².